The second-order valence-corrected chi connectivity index (χ2v) is 5.48. The summed E-state index contributed by atoms with van der Waals surface area (Å²) in [6, 6.07) is 7.12. The molecule has 0 amide bonds. The van der Waals surface area contributed by atoms with Gasteiger partial charge in [0.2, 0.25) is 0 Å². The number of para-hydroxylation sites is 1. The highest BCUT2D eigenvalue weighted by atomic mass is 32.2. The van der Waals surface area contributed by atoms with Crippen LogP contribution in [0.15, 0.2) is 24.3 Å². The lowest BCUT2D eigenvalue weighted by Gasteiger charge is -2.22. The zero-order valence-electron chi connectivity index (χ0n) is 10.6. The standard InChI is InChI=1S/C11H19N3O3S/c1-14(18(15,16)13-7-8-17-2)11-6-4-3-5-10(11)9-12/h3-6,13H,7-9,12H2,1-2H3. The van der Waals surface area contributed by atoms with E-state index in [0.29, 0.717) is 12.3 Å². The Labute approximate surface area is 108 Å². The zero-order valence-corrected chi connectivity index (χ0v) is 11.4. The molecule has 0 fully saturated rings. The quantitative estimate of drug-likeness (QED) is 0.688. The summed E-state index contributed by atoms with van der Waals surface area (Å²) in [5, 5.41) is 0. The molecule has 0 saturated heterocycles. The number of nitrogens with one attached hydrogen (secondary N) is 1. The molecule has 0 aliphatic carbocycles. The van der Waals surface area contributed by atoms with Crippen molar-refractivity contribution >= 4 is 15.9 Å². The summed E-state index contributed by atoms with van der Waals surface area (Å²) in [4.78, 5) is 0. The van der Waals surface area contributed by atoms with Crippen LogP contribution in [0.3, 0.4) is 0 Å². The van der Waals surface area contributed by atoms with Gasteiger partial charge in [-0.2, -0.15) is 13.1 Å². The highest BCUT2D eigenvalue weighted by molar-refractivity contribution is 7.90. The fourth-order valence-electron chi connectivity index (χ4n) is 1.49. The zero-order chi connectivity index (χ0) is 13.6. The summed E-state index contributed by atoms with van der Waals surface area (Å²) in [7, 11) is -0.565. The van der Waals surface area contributed by atoms with E-state index in [2.05, 4.69) is 4.72 Å². The van der Waals surface area contributed by atoms with Crippen LogP contribution in [0.5, 0.6) is 0 Å². The first-order valence-electron chi connectivity index (χ1n) is 5.53. The Morgan fingerprint density at radius 2 is 2.06 bits per heavy atom. The third-order valence-electron chi connectivity index (χ3n) is 2.50. The number of nitrogens with two attached hydrogens (primary N) is 1. The molecule has 1 aromatic rings. The first-order valence-corrected chi connectivity index (χ1v) is 6.97. The van der Waals surface area contributed by atoms with E-state index in [0.717, 1.165) is 5.56 Å². The lowest BCUT2D eigenvalue weighted by molar-refractivity contribution is 0.204. The average molecular weight is 273 g/mol. The SMILES string of the molecule is COCCNS(=O)(=O)N(C)c1ccccc1CN. The molecular weight excluding hydrogens is 254 g/mol. The molecule has 0 bridgehead atoms. The molecule has 1 aromatic carbocycles. The summed E-state index contributed by atoms with van der Waals surface area (Å²) in [5.41, 5.74) is 6.94. The lowest BCUT2D eigenvalue weighted by atomic mass is 10.2. The van der Waals surface area contributed by atoms with Crippen molar-refractivity contribution in [3.63, 3.8) is 0 Å². The maximum atomic E-state index is 12.0. The first kappa shape index (κ1) is 14.9. The molecule has 0 aromatic heterocycles. The number of anilines is 1. The van der Waals surface area contributed by atoms with Gasteiger partial charge in [-0.05, 0) is 11.6 Å². The average Bonchev–Trinajstić information content (AvgIpc) is 2.38. The van der Waals surface area contributed by atoms with E-state index in [1.807, 2.05) is 6.07 Å². The molecule has 0 unspecified atom stereocenters. The monoisotopic (exact) mass is 273 g/mol. The van der Waals surface area contributed by atoms with Crippen LogP contribution in [0.2, 0.25) is 0 Å². The van der Waals surface area contributed by atoms with Gasteiger partial charge >= 0.3 is 10.2 Å². The van der Waals surface area contributed by atoms with Crippen molar-refractivity contribution in [2.45, 2.75) is 6.54 Å². The molecule has 0 heterocycles. The van der Waals surface area contributed by atoms with E-state index in [-0.39, 0.29) is 13.1 Å². The second kappa shape index (κ2) is 6.69. The van der Waals surface area contributed by atoms with Gasteiger partial charge in [0.05, 0.1) is 12.3 Å². The summed E-state index contributed by atoms with van der Waals surface area (Å²) < 4.78 is 32.4. The fraction of sp³-hybridized carbons (Fsp3) is 0.455. The minimum atomic E-state index is -3.57. The van der Waals surface area contributed by atoms with Crippen LogP contribution in [-0.4, -0.2) is 35.7 Å². The number of nitrogens with zero attached hydrogens (tertiary/aromatic N) is 1. The number of hydrogen-bond donors (Lipinski definition) is 2. The Morgan fingerprint density at radius 3 is 2.67 bits per heavy atom. The Balaban J connectivity index is 2.88. The van der Waals surface area contributed by atoms with Crippen molar-refractivity contribution < 1.29 is 13.2 Å². The van der Waals surface area contributed by atoms with Gasteiger partial charge in [0, 0.05) is 27.2 Å². The predicted molar refractivity (Wildman–Crippen MR) is 71.5 cm³/mol. The van der Waals surface area contributed by atoms with E-state index in [9.17, 15) is 8.42 Å². The smallest absolute Gasteiger partial charge is 0.301 e. The van der Waals surface area contributed by atoms with Crippen molar-refractivity contribution in [3.8, 4) is 0 Å². The number of hydrogen-bond acceptors (Lipinski definition) is 4. The maximum Gasteiger partial charge on any atom is 0.301 e. The molecule has 0 saturated carbocycles. The Bertz CT molecular complexity index is 476. The molecular formula is C11H19N3O3S. The van der Waals surface area contributed by atoms with Crippen LogP contribution in [0.4, 0.5) is 5.69 Å². The van der Waals surface area contributed by atoms with Crippen molar-refractivity contribution in [2.24, 2.45) is 5.73 Å². The maximum absolute atomic E-state index is 12.0. The van der Waals surface area contributed by atoms with Gasteiger partial charge in [-0.15, -0.1) is 0 Å². The third-order valence-corrected chi connectivity index (χ3v) is 3.99. The minimum absolute atomic E-state index is 0.230. The van der Waals surface area contributed by atoms with Crippen molar-refractivity contribution in [2.75, 3.05) is 31.6 Å². The highest BCUT2D eigenvalue weighted by Crippen LogP contribution is 2.20. The van der Waals surface area contributed by atoms with Gasteiger partial charge in [0.25, 0.3) is 0 Å². The van der Waals surface area contributed by atoms with E-state index >= 15 is 0 Å². The molecule has 18 heavy (non-hydrogen) atoms. The Kier molecular flexibility index (Phi) is 5.54. The Hall–Kier alpha value is -1.15. The molecule has 3 N–H and O–H groups in total. The van der Waals surface area contributed by atoms with Crippen LogP contribution in [0.1, 0.15) is 5.56 Å². The summed E-state index contributed by atoms with van der Waals surface area (Å²) >= 11 is 0. The van der Waals surface area contributed by atoms with E-state index in [1.54, 1.807) is 18.2 Å². The number of benzene rings is 1. The van der Waals surface area contributed by atoms with Crippen LogP contribution in [0.25, 0.3) is 0 Å². The number of methoxy groups -OCH3 is 1. The van der Waals surface area contributed by atoms with Crippen LogP contribution < -0.4 is 14.8 Å². The minimum Gasteiger partial charge on any atom is -0.383 e. The van der Waals surface area contributed by atoms with Crippen LogP contribution >= 0.6 is 0 Å². The summed E-state index contributed by atoms with van der Waals surface area (Å²) in [6.07, 6.45) is 0. The highest BCUT2D eigenvalue weighted by Gasteiger charge is 2.19. The van der Waals surface area contributed by atoms with Crippen LogP contribution in [-0.2, 0) is 21.5 Å². The third kappa shape index (κ3) is 3.67. The molecule has 6 nitrogen and oxygen atoms in total. The largest absolute Gasteiger partial charge is 0.383 e. The Morgan fingerprint density at radius 1 is 1.39 bits per heavy atom. The lowest BCUT2D eigenvalue weighted by Crippen LogP contribution is -2.40. The van der Waals surface area contributed by atoms with E-state index < -0.39 is 10.2 Å². The molecule has 102 valence electrons. The van der Waals surface area contributed by atoms with Crippen molar-refractivity contribution in [3.05, 3.63) is 29.8 Å². The molecule has 0 spiro atoms. The molecule has 0 aliphatic heterocycles. The first-order chi connectivity index (χ1) is 8.53. The number of ether oxygens (including phenoxy) is 1. The predicted octanol–water partition coefficient (Wildman–Crippen LogP) is 0.0623. The topological polar surface area (TPSA) is 84.7 Å². The number of rotatable bonds is 7. The van der Waals surface area contributed by atoms with Crippen molar-refractivity contribution in [1.82, 2.24) is 4.72 Å². The molecule has 0 atom stereocenters. The van der Waals surface area contributed by atoms with E-state index in [4.69, 9.17) is 10.5 Å². The van der Waals surface area contributed by atoms with Gasteiger partial charge in [0.15, 0.2) is 0 Å². The molecule has 7 heteroatoms. The van der Waals surface area contributed by atoms with E-state index in [1.165, 1.54) is 18.5 Å². The summed E-state index contributed by atoms with van der Waals surface area (Å²) in [5.74, 6) is 0. The van der Waals surface area contributed by atoms with Crippen LogP contribution in [0, 0.1) is 0 Å². The van der Waals surface area contributed by atoms with Gasteiger partial charge in [0.1, 0.15) is 0 Å². The van der Waals surface area contributed by atoms with Gasteiger partial charge in [-0.1, -0.05) is 18.2 Å². The van der Waals surface area contributed by atoms with Gasteiger partial charge in [-0.25, -0.2) is 0 Å². The molecule has 0 aliphatic rings. The van der Waals surface area contributed by atoms with Gasteiger partial charge in [-0.3, -0.25) is 4.31 Å². The second-order valence-electron chi connectivity index (χ2n) is 3.69. The summed E-state index contributed by atoms with van der Waals surface area (Å²) in [6.45, 7) is 0.841. The fourth-order valence-corrected chi connectivity index (χ4v) is 2.46. The van der Waals surface area contributed by atoms with Crippen molar-refractivity contribution in [1.29, 1.82) is 0 Å². The van der Waals surface area contributed by atoms with Gasteiger partial charge < -0.3 is 10.5 Å². The normalized spacial score (nSPS) is 11.5. The molecule has 1 rings (SSSR count). The molecule has 0 radical (unpaired) electrons.